The molecule has 1 aliphatic rings. The van der Waals surface area contributed by atoms with Gasteiger partial charge in [0.25, 0.3) is 5.91 Å². The number of hydrogen-bond acceptors (Lipinski definition) is 4. The fourth-order valence-corrected chi connectivity index (χ4v) is 2.11. The van der Waals surface area contributed by atoms with Crippen molar-refractivity contribution < 1.29 is 14.7 Å². The molecule has 0 saturated heterocycles. The summed E-state index contributed by atoms with van der Waals surface area (Å²) in [4.78, 5) is 27.7. The Labute approximate surface area is 133 Å². The number of pyridine rings is 1. The third-order valence-corrected chi connectivity index (χ3v) is 3.59. The summed E-state index contributed by atoms with van der Waals surface area (Å²) in [5.74, 6) is 0.00209. The maximum absolute atomic E-state index is 12.0. The highest BCUT2D eigenvalue weighted by atomic mass is 16.3. The normalized spacial score (nSPS) is 14.8. The average Bonchev–Trinajstić information content (AvgIpc) is 3.42. The summed E-state index contributed by atoms with van der Waals surface area (Å²) in [6.45, 7) is 0. The highest BCUT2D eigenvalue weighted by Crippen LogP contribution is 2.30. The van der Waals surface area contributed by atoms with E-state index in [4.69, 9.17) is 0 Å². The first-order valence-electron chi connectivity index (χ1n) is 7.44. The second-order valence-corrected chi connectivity index (χ2v) is 5.50. The Hall–Kier alpha value is -2.73. The monoisotopic (exact) mass is 311 g/mol. The molecule has 0 bridgehead atoms. The molecule has 2 aromatic rings. The van der Waals surface area contributed by atoms with Crippen LogP contribution in [0, 0.1) is 5.92 Å². The molecule has 3 N–H and O–H groups in total. The molecular weight excluding hydrogens is 294 g/mol. The summed E-state index contributed by atoms with van der Waals surface area (Å²) >= 11 is 0. The number of nitrogens with zero attached hydrogens (tertiary/aromatic N) is 1. The molecule has 2 amide bonds. The third kappa shape index (κ3) is 3.92. The van der Waals surface area contributed by atoms with Gasteiger partial charge in [-0.25, -0.2) is 4.98 Å². The Morgan fingerprint density at radius 1 is 1.09 bits per heavy atom. The molecule has 1 heterocycles. The molecule has 1 unspecified atom stereocenters. The van der Waals surface area contributed by atoms with Gasteiger partial charge in [0.05, 0.1) is 11.9 Å². The molecule has 0 aliphatic heterocycles. The highest BCUT2D eigenvalue weighted by molar-refractivity contribution is 5.95. The summed E-state index contributed by atoms with van der Waals surface area (Å²) in [6, 6.07) is 11.9. The first-order valence-corrected chi connectivity index (χ1v) is 7.44. The molecule has 0 radical (unpaired) electrons. The molecule has 1 saturated carbocycles. The van der Waals surface area contributed by atoms with Gasteiger partial charge in [-0.2, -0.15) is 0 Å². The van der Waals surface area contributed by atoms with Gasteiger partial charge in [0, 0.05) is 5.92 Å². The number of aliphatic hydroxyl groups is 1. The van der Waals surface area contributed by atoms with Crippen molar-refractivity contribution in [1.29, 1.82) is 0 Å². The van der Waals surface area contributed by atoms with Crippen LogP contribution in [0.1, 0.15) is 24.5 Å². The van der Waals surface area contributed by atoms with E-state index in [2.05, 4.69) is 15.6 Å². The SMILES string of the molecule is O=C(Nc1ccc(NC(=O)C(O)c2ccccc2)cn1)C1CC1. The van der Waals surface area contributed by atoms with Crippen LogP contribution in [0.5, 0.6) is 0 Å². The predicted molar refractivity (Wildman–Crippen MR) is 85.6 cm³/mol. The Morgan fingerprint density at radius 3 is 2.43 bits per heavy atom. The number of benzene rings is 1. The van der Waals surface area contributed by atoms with Crippen LogP contribution in [0.3, 0.4) is 0 Å². The predicted octanol–water partition coefficient (Wildman–Crippen LogP) is 2.10. The van der Waals surface area contributed by atoms with Crippen LogP contribution in [-0.2, 0) is 9.59 Å². The zero-order valence-electron chi connectivity index (χ0n) is 12.4. The second kappa shape index (κ2) is 6.58. The van der Waals surface area contributed by atoms with Gasteiger partial charge >= 0.3 is 0 Å². The molecule has 0 spiro atoms. The van der Waals surface area contributed by atoms with Gasteiger partial charge in [0.15, 0.2) is 6.10 Å². The summed E-state index contributed by atoms with van der Waals surface area (Å²) in [6.07, 6.45) is 2.05. The van der Waals surface area contributed by atoms with Crippen LogP contribution in [-0.4, -0.2) is 21.9 Å². The first kappa shape index (κ1) is 15.2. The molecule has 1 atom stereocenters. The fourth-order valence-electron chi connectivity index (χ4n) is 2.11. The van der Waals surface area contributed by atoms with Crippen molar-refractivity contribution in [3.05, 3.63) is 54.2 Å². The molecule has 6 heteroatoms. The third-order valence-electron chi connectivity index (χ3n) is 3.59. The standard InChI is InChI=1S/C17H17N3O3/c21-15(11-4-2-1-3-5-11)17(23)19-13-8-9-14(18-10-13)20-16(22)12-6-7-12/h1-5,8-10,12,15,21H,6-7H2,(H,19,23)(H,18,20,22). The minimum Gasteiger partial charge on any atom is -0.378 e. The topological polar surface area (TPSA) is 91.3 Å². The average molecular weight is 311 g/mol. The van der Waals surface area contributed by atoms with E-state index in [1.807, 2.05) is 6.07 Å². The van der Waals surface area contributed by atoms with Crippen molar-refractivity contribution in [2.24, 2.45) is 5.92 Å². The van der Waals surface area contributed by atoms with E-state index >= 15 is 0 Å². The summed E-state index contributed by atoms with van der Waals surface area (Å²) in [5.41, 5.74) is 0.973. The van der Waals surface area contributed by atoms with Crippen molar-refractivity contribution >= 4 is 23.3 Å². The summed E-state index contributed by atoms with van der Waals surface area (Å²) in [7, 11) is 0. The zero-order chi connectivity index (χ0) is 16.2. The molecule has 1 fully saturated rings. The van der Waals surface area contributed by atoms with Crippen LogP contribution in [0.15, 0.2) is 48.7 Å². The van der Waals surface area contributed by atoms with Gasteiger partial charge in [-0.1, -0.05) is 30.3 Å². The minimum absolute atomic E-state index is 0.0196. The fraction of sp³-hybridized carbons (Fsp3) is 0.235. The molecule has 1 aromatic carbocycles. The Kier molecular flexibility index (Phi) is 4.34. The van der Waals surface area contributed by atoms with Crippen molar-refractivity contribution in [2.45, 2.75) is 18.9 Å². The highest BCUT2D eigenvalue weighted by Gasteiger charge is 2.29. The lowest BCUT2D eigenvalue weighted by Gasteiger charge is -2.12. The van der Waals surface area contributed by atoms with E-state index in [1.54, 1.807) is 36.4 Å². The van der Waals surface area contributed by atoms with E-state index in [-0.39, 0.29) is 11.8 Å². The smallest absolute Gasteiger partial charge is 0.257 e. The van der Waals surface area contributed by atoms with Crippen molar-refractivity contribution in [3.8, 4) is 0 Å². The summed E-state index contributed by atoms with van der Waals surface area (Å²) in [5, 5.41) is 15.3. The molecule has 118 valence electrons. The van der Waals surface area contributed by atoms with Crippen molar-refractivity contribution in [2.75, 3.05) is 10.6 Å². The number of amides is 2. The van der Waals surface area contributed by atoms with E-state index in [1.165, 1.54) is 6.20 Å². The maximum Gasteiger partial charge on any atom is 0.257 e. The quantitative estimate of drug-likeness (QED) is 0.788. The second-order valence-electron chi connectivity index (χ2n) is 5.50. The van der Waals surface area contributed by atoms with Crippen molar-refractivity contribution in [3.63, 3.8) is 0 Å². The number of hydrogen-bond donors (Lipinski definition) is 3. The number of rotatable bonds is 5. The van der Waals surface area contributed by atoms with Crippen LogP contribution < -0.4 is 10.6 Å². The van der Waals surface area contributed by atoms with Crippen molar-refractivity contribution in [1.82, 2.24) is 4.98 Å². The number of carbonyl (C=O) groups is 2. The van der Waals surface area contributed by atoms with E-state index < -0.39 is 12.0 Å². The van der Waals surface area contributed by atoms with E-state index in [0.29, 0.717) is 17.1 Å². The minimum atomic E-state index is -1.24. The van der Waals surface area contributed by atoms with Gasteiger partial charge in [-0.3, -0.25) is 9.59 Å². The molecule has 1 aromatic heterocycles. The Balaban J connectivity index is 1.59. The zero-order valence-corrected chi connectivity index (χ0v) is 12.4. The molecule has 3 rings (SSSR count). The number of carbonyl (C=O) groups excluding carboxylic acids is 2. The Bertz CT molecular complexity index is 697. The largest absolute Gasteiger partial charge is 0.378 e. The van der Waals surface area contributed by atoms with Crippen LogP contribution in [0.25, 0.3) is 0 Å². The van der Waals surface area contributed by atoms with Crippen LogP contribution in [0.2, 0.25) is 0 Å². The molecular formula is C17H17N3O3. The van der Waals surface area contributed by atoms with Gasteiger partial charge < -0.3 is 15.7 Å². The number of anilines is 2. The van der Waals surface area contributed by atoms with Gasteiger partial charge in [0.1, 0.15) is 5.82 Å². The number of aromatic nitrogens is 1. The lowest BCUT2D eigenvalue weighted by atomic mass is 10.1. The lowest BCUT2D eigenvalue weighted by Crippen LogP contribution is -2.21. The maximum atomic E-state index is 12.0. The number of nitrogens with one attached hydrogen (secondary N) is 2. The van der Waals surface area contributed by atoms with Crippen LogP contribution in [0.4, 0.5) is 11.5 Å². The van der Waals surface area contributed by atoms with Gasteiger partial charge in [0.2, 0.25) is 5.91 Å². The molecule has 6 nitrogen and oxygen atoms in total. The van der Waals surface area contributed by atoms with Gasteiger partial charge in [-0.05, 0) is 30.5 Å². The number of aliphatic hydroxyl groups excluding tert-OH is 1. The van der Waals surface area contributed by atoms with Crippen LogP contribution >= 0.6 is 0 Å². The van der Waals surface area contributed by atoms with E-state index in [0.717, 1.165) is 12.8 Å². The first-order chi connectivity index (χ1) is 11.1. The Morgan fingerprint density at radius 2 is 1.83 bits per heavy atom. The molecule has 1 aliphatic carbocycles. The lowest BCUT2D eigenvalue weighted by molar-refractivity contribution is -0.124. The molecule has 23 heavy (non-hydrogen) atoms. The van der Waals surface area contributed by atoms with E-state index in [9.17, 15) is 14.7 Å². The van der Waals surface area contributed by atoms with Gasteiger partial charge in [-0.15, -0.1) is 0 Å². The summed E-state index contributed by atoms with van der Waals surface area (Å²) < 4.78 is 0.